The van der Waals surface area contributed by atoms with E-state index in [0.29, 0.717) is 29.4 Å². The Hall–Kier alpha value is -2.35. The molecule has 0 aliphatic carbocycles. The third-order valence-corrected chi connectivity index (χ3v) is 4.48. The number of hydrogen-bond acceptors (Lipinski definition) is 3. The number of alkyl halides is 2. The summed E-state index contributed by atoms with van der Waals surface area (Å²) in [6.45, 7) is 0.0322. The SMILES string of the molecule is O=C(NCCSCc1ccccc1F)NCc1cccc(OCC(F)F)c1. The van der Waals surface area contributed by atoms with Crippen LogP contribution in [0.1, 0.15) is 11.1 Å². The van der Waals surface area contributed by atoms with E-state index in [0.717, 1.165) is 5.56 Å². The fourth-order valence-electron chi connectivity index (χ4n) is 2.18. The summed E-state index contributed by atoms with van der Waals surface area (Å²) in [5.74, 6) is 1.30. The molecule has 0 bridgehead atoms. The lowest BCUT2D eigenvalue weighted by molar-refractivity contribution is 0.0818. The molecular weight excluding hydrogens is 377 g/mol. The number of rotatable bonds is 10. The van der Waals surface area contributed by atoms with Gasteiger partial charge in [-0.15, -0.1) is 0 Å². The lowest BCUT2D eigenvalue weighted by Gasteiger charge is -2.10. The van der Waals surface area contributed by atoms with Crippen molar-refractivity contribution in [1.82, 2.24) is 10.6 Å². The molecule has 146 valence electrons. The number of ether oxygens (including phenoxy) is 1. The molecule has 8 heteroatoms. The van der Waals surface area contributed by atoms with Crippen LogP contribution < -0.4 is 15.4 Å². The molecular formula is C19H21F3N2O2S. The van der Waals surface area contributed by atoms with E-state index in [2.05, 4.69) is 10.6 Å². The lowest BCUT2D eigenvalue weighted by Crippen LogP contribution is -2.36. The van der Waals surface area contributed by atoms with Crippen molar-refractivity contribution >= 4 is 17.8 Å². The highest BCUT2D eigenvalue weighted by Crippen LogP contribution is 2.15. The predicted octanol–water partition coefficient (Wildman–Crippen LogP) is 4.20. The Bertz CT molecular complexity index is 732. The molecule has 0 saturated carbocycles. The summed E-state index contributed by atoms with van der Waals surface area (Å²) < 4.78 is 42.7. The van der Waals surface area contributed by atoms with E-state index in [-0.39, 0.29) is 18.4 Å². The van der Waals surface area contributed by atoms with Gasteiger partial charge in [-0.3, -0.25) is 0 Å². The van der Waals surface area contributed by atoms with Gasteiger partial charge in [0.05, 0.1) is 0 Å². The number of amides is 2. The van der Waals surface area contributed by atoms with Crippen LogP contribution in [0.4, 0.5) is 18.0 Å². The summed E-state index contributed by atoms with van der Waals surface area (Å²) in [7, 11) is 0. The molecule has 0 spiro atoms. The normalized spacial score (nSPS) is 10.7. The first-order chi connectivity index (χ1) is 13.0. The summed E-state index contributed by atoms with van der Waals surface area (Å²) in [6, 6.07) is 12.9. The molecule has 0 atom stereocenters. The largest absolute Gasteiger partial charge is 0.488 e. The van der Waals surface area contributed by atoms with Gasteiger partial charge in [-0.2, -0.15) is 11.8 Å². The van der Waals surface area contributed by atoms with Gasteiger partial charge < -0.3 is 15.4 Å². The Balaban J connectivity index is 1.62. The molecule has 2 aromatic rings. The Kier molecular flexibility index (Phi) is 8.83. The highest BCUT2D eigenvalue weighted by molar-refractivity contribution is 7.98. The molecule has 2 amide bonds. The smallest absolute Gasteiger partial charge is 0.315 e. The molecule has 0 saturated heterocycles. The summed E-state index contributed by atoms with van der Waals surface area (Å²) >= 11 is 1.53. The molecule has 2 aromatic carbocycles. The van der Waals surface area contributed by atoms with Crippen molar-refractivity contribution < 1.29 is 22.7 Å². The van der Waals surface area contributed by atoms with Gasteiger partial charge in [0.1, 0.15) is 18.2 Å². The Labute approximate surface area is 160 Å². The van der Waals surface area contributed by atoms with Crippen LogP contribution in [0.2, 0.25) is 0 Å². The molecule has 0 radical (unpaired) electrons. The van der Waals surface area contributed by atoms with E-state index < -0.39 is 13.0 Å². The van der Waals surface area contributed by atoms with Crippen LogP contribution in [0, 0.1) is 5.82 Å². The molecule has 0 fully saturated rings. The molecule has 2 N–H and O–H groups in total. The van der Waals surface area contributed by atoms with Gasteiger partial charge >= 0.3 is 6.03 Å². The number of benzene rings is 2. The molecule has 0 heterocycles. The highest BCUT2D eigenvalue weighted by atomic mass is 32.2. The third kappa shape index (κ3) is 8.25. The minimum Gasteiger partial charge on any atom is -0.488 e. The van der Waals surface area contributed by atoms with E-state index in [1.54, 1.807) is 42.5 Å². The van der Waals surface area contributed by atoms with Gasteiger partial charge in [-0.25, -0.2) is 18.0 Å². The second-order valence-electron chi connectivity index (χ2n) is 5.60. The van der Waals surface area contributed by atoms with Crippen molar-refractivity contribution in [3.8, 4) is 5.75 Å². The predicted molar refractivity (Wildman–Crippen MR) is 101 cm³/mol. The van der Waals surface area contributed by atoms with E-state index in [9.17, 15) is 18.0 Å². The van der Waals surface area contributed by atoms with Crippen molar-refractivity contribution in [1.29, 1.82) is 0 Å². The third-order valence-electron chi connectivity index (χ3n) is 3.47. The van der Waals surface area contributed by atoms with Crippen molar-refractivity contribution in [2.45, 2.75) is 18.7 Å². The van der Waals surface area contributed by atoms with Gasteiger partial charge in [0.25, 0.3) is 6.43 Å². The van der Waals surface area contributed by atoms with Gasteiger partial charge in [0, 0.05) is 24.6 Å². The van der Waals surface area contributed by atoms with Gasteiger partial charge in [0.15, 0.2) is 0 Å². The molecule has 0 aromatic heterocycles. The summed E-state index contributed by atoms with van der Waals surface area (Å²) in [4.78, 5) is 11.8. The number of carbonyl (C=O) groups excluding carboxylic acids is 1. The first-order valence-electron chi connectivity index (χ1n) is 8.37. The van der Waals surface area contributed by atoms with Crippen molar-refractivity contribution in [3.05, 3.63) is 65.5 Å². The fourth-order valence-corrected chi connectivity index (χ4v) is 3.03. The van der Waals surface area contributed by atoms with Crippen LogP contribution in [0.5, 0.6) is 5.75 Å². The van der Waals surface area contributed by atoms with Crippen molar-refractivity contribution in [2.75, 3.05) is 18.9 Å². The number of carbonyl (C=O) groups is 1. The van der Waals surface area contributed by atoms with Gasteiger partial charge in [-0.05, 0) is 29.3 Å². The number of hydrogen-bond donors (Lipinski definition) is 2. The number of nitrogens with one attached hydrogen (secondary N) is 2. The zero-order valence-electron chi connectivity index (χ0n) is 14.6. The van der Waals surface area contributed by atoms with E-state index in [1.807, 2.05) is 0 Å². The minimum atomic E-state index is -2.53. The van der Waals surface area contributed by atoms with Crippen molar-refractivity contribution in [2.24, 2.45) is 0 Å². The fraction of sp³-hybridized carbons (Fsp3) is 0.316. The first kappa shape index (κ1) is 21.0. The van der Waals surface area contributed by atoms with Crippen LogP contribution in [0.3, 0.4) is 0 Å². The maximum Gasteiger partial charge on any atom is 0.315 e. The van der Waals surface area contributed by atoms with Gasteiger partial charge in [-0.1, -0.05) is 30.3 Å². The van der Waals surface area contributed by atoms with Crippen LogP contribution in [-0.4, -0.2) is 31.4 Å². The lowest BCUT2D eigenvalue weighted by atomic mass is 10.2. The average Bonchev–Trinajstić information content (AvgIpc) is 2.66. The molecule has 0 aliphatic heterocycles. The highest BCUT2D eigenvalue weighted by Gasteiger charge is 2.05. The topological polar surface area (TPSA) is 50.4 Å². The van der Waals surface area contributed by atoms with Crippen molar-refractivity contribution in [3.63, 3.8) is 0 Å². The Morgan fingerprint density at radius 3 is 2.70 bits per heavy atom. The summed E-state index contributed by atoms with van der Waals surface area (Å²) in [5, 5.41) is 5.40. The van der Waals surface area contributed by atoms with Crippen LogP contribution >= 0.6 is 11.8 Å². The standard InChI is InChI=1S/C19H21F3N2O2S/c20-17-7-2-1-5-15(17)13-27-9-8-23-19(25)24-11-14-4-3-6-16(10-14)26-12-18(21)22/h1-7,10,18H,8-9,11-13H2,(H2,23,24,25). The monoisotopic (exact) mass is 398 g/mol. The zero-order chi connectivity index (χ0) is 19.5. The van der Waals surface area contributed by atoms with Crippen LogP contribution in [0.25, 0.3) is 0 Å². The maximum absolute atomic E-state index is 13.5. The summed E-state index contributed by atoms with van der Waals surface area (Å²) in [6.07, 6.45) is -2.53. The first-order valence-corrected chi connectivity index (χ1v) is 9.53. The Morgan fingerprint density at radius 2 is 1.93 bits per heavy atom. The van der Waals surface area contributed by atoms with E-state index in [1.165, 1.54) is 17.8 Å². The number of thioether (sulfide) groups is 1. The average molecular weight is 398 g/mol. The molecule has 4 nitrogen and oxygen atoms in total. The number of urea groups is 1. The second kappa shape index (κ2) is 11.4. The van der Waals surface area contributed by atoms with Crippen LogP contribution in [0.15, 0.2) is 48.5 Å². The van der Waals surface area contributed by atoms with E-state index >= 15 is 0 Å². The second-order valence-corrected chi connectivity index (χ2v) is 6.71. The van der Waals surface area contributed by atoms with E-state index in [4.69, 9.17) is 4.74 Å². The molecule has 2 rings (SSSR count). The zero-order valence-corrected chi connectivity index (χ0v) is 15.4. The molecule has 0 unspecified atom stereocenters. The maximum atomic E-state index is 13.5. The quantitative estimate of drug-likeness (QED) is 0.590. The number of halogens is 3. The Morgan fingerprint density at radius 1 is 1.11 bits per heavy atom. The molecule has 27 heavy (non-hydrogen) atoms. The van der Waals surface area contributed by atoms with Gasteiger partial charge in [0.2, 0.25) is 0 Å². The minimum absolute atomic E-state index is 0.226. The molecule has 0 aliphatic rings. The summed E-state index contributed by atoms with van der Waals surface area (Å²) in [5.41, 5.74) is 1.38. The van der Waals surface area contributed by atoms with Crippen LogP contribution in [-0.2, 0) is 12.3 Å².